The van der Waals surface area contributed by atoms with E-state index in [9.17, 15) is 4.79 Å². The van der Waals surface area contributed by atoms with Crippen LogP contribution in [0.15, 0.2) is 24.3 Å². The van der Waals surface area contributed by atoms with Gasteiger partial charge in [0.2, 0.25) is 0 Å². The average Bonchev–Trinajstić information content (AvgIpc) is 2.73. The molecule has 1 N–H and O–H groups in total. The normalized spacial score (nSPS) is 10.6. The number of rotatable bonds is 4. The smallest absolute Gasteiger partial charge is 0.347 e. The molecular formula is C13H13NO3S. The molecule has 0 saturated heterocycles. The van der Waals surface area contributed by atoms with Crippen molar-refractivity contribution in [3.8, 4) is 10.6 Å². The molecule has 0 bridgehead atoms. The molecule has 5 heteroatoms. The van der Waals surface area contributed by atoms with Gasteiger partial charge in [-0.05, 0) is 12.5 Å². The quantitative estimate of drug-likeness (QED) is 0.921. The van der Waals surface area contributed by atoms with Gasteiger partial charge in [-0.1, -0.05) is 24.3 Å². The van der Waals surface area contributed by atoms with E-state index in [1.807, 2.05) is 24.3 Å². The highest BCUT2D eigenvalue weighted by Gasteiger charge is 2.14. The summed E-state index contributed by atoms with van der Waals surface area (Å²) in [6, 6.07) is 7.77. The zero-order valence-corrected chi connectivity index (χ0v) is 11.0. The molecule has 0 aliphatic rings. The van der Waals surface area contributed by atoms with Crippen molar-refractivity contribution in [1.29, 1.82) is 0 Å². The van der Waals surface area contributed by atoms with Crippen molar-refractivity contribution in [2.24, 2.45) is 0 Å². The van der Waals surface area contributed by atoms with Crippen LogP contribution in [0.1, 0.15) is 20.9 Å². The molecule has 2 aromatic rings. The summed E-state index contributed by atoms with van der Waals surface area (Å²) in [5, 5.41) is 9.72. The van der Waals surface area contributed by atoms with Gasteiger partial charge in [0.1, 0.15) is 9.88 Å². The maximum atomic E-state index is 11.0. The van der Waals surface area contributed by atoms with Crippen molar-refractivity contribution in [2.45, 2.75) is 13.5 Å². The summed E-state index contributed by atoms with van der Waals surface area (Å²) < 4.78 is 5.04. The van der Waals surface area contributed by atoms with Gasteiger partial charge in [0.15, 0.2) is 0 Å². The fraction of sp³-hybridized carbons (Fsp3) is 0.231. The van der Waals surface area contributed by atoms with Crippen molar-refractivity contribution in [3.05, 3.63) is 40.4 Å². The summed E-state index contributed by atoms with van der Waals surface area (Å²) in [6.07, 6.45) is 0. The number of aromatic nitrogens is 1. The van der Waals surface area contributed by atoms with Gasteiger partial charge in [-0.2, -0.15) is 0 Å². The number of carbonyl (C=O) groups is 1. The lowest BCUT2D eigenvalue weighted by Crippen LogP contribution is -1.94. The molecule has 94 valence electrons. The Balaban J connectivity index is 2.31. The Hall–Kier alpha value is -1.72. The van der Waals surface area contributed by atoms with Crippen molar-refractivity contribution >= 4 is 17.3 Å². The number of aromatic carboxylic acids is 1. The molecular weight excluding hydrogens is 250 g/mol. The third-order valence-electron chi connectivity index (χ3n) is 2.50. The molecule has 0 fully saturated rings. The van der Waals surface area contributed by atoms with E-state index < -0.39 is 5.97 Å². The Morgan fingerprint density at radius 1 is 1.39 bits per heavy atom. The molecule has 1 aromatic heterocycles. The molecule has 0 spiro atoms. The van der Waals surface area contributed by atoms with Gasteiger partial charge in [0.05, 0.1) is 12.3 Å². The summed E-state index contributed by atoms with van der Waals surface area (Å²) in [7, 11) is 1.65. The summed E-state index contributed by atoms with van der Waals surface area (Å²) >= 11 is 1.20. The Bertz CT molecular complexity index is 560. The highest BCUT2D eigenvalue weighted by Crippen LogP contribution is 2.28. The SMILES string of the molecule is COCc1ccc(-c2nc(C)c(C(=O)O)s2)cc1. The van der Waals surface area contributed by atoms with Gasteiger partial charge >= 0.3 is 5.97 Å². The Kier molecular flexibility index (Phi) is 3.74. The molecule has 2 rings (SSSR count). The topological polar surface area (TPSA) is 59.4 Å². The second-order valence-corrected chi connectivity index (χ2v) is 4.87. The number of aryl methyl sites for hydroxylation is 1. The first-order valence-corrected chi connectivity index (χ1v) is 6.22. The van der Waals surface area contributed by atoms with Crippen LogP contribution in [0.25, 0.3) is 10.6 Å². The zero-order valence-electron chi connectivity index (χ0n) is 10.1. The summed E-state index contributed by atoms with van der Waals surface area (Å²) in [6.45, 7) is 2.28. The first kappa shape index (κ1) is 12.7. The van der Waals surface area contributed by atoms with Crippen LogP contribution in [0, 0.1) is 6.92 Å². The van der Waals surface area contributed by atoms with Gasteiger partial charge in [-0.25, -0.2) is 9.78 Å². The molecule has 0 radical (unpaired) electrons. The Morgan fingerprint density at radius 2 is 2.06 bits per heavy atom. The number of hydrogen-bond acceptors (Lipinski definition) is 4. The molecule has 0 amide bonds. The highest BCUT2D eigenvalue weighted by atomic mass is 32.1. The Morgan fingerprint density at radius 3 is 2.56 bits per heavy atom. The van der Waals surface area contributed by atoms with Gasteiger partial charge in [-0.15, -0.1) is 11.3 Å². The van der Waals surface area contributed by atoms with Crippen LogP contribution in [-0.4, -0.2) is 23.2 Å². The first-order valence-electron chi connectivity index (χ1n) is 5.41. The van der Waals surface area contributed by atoms with Crippen molar-refractivity contribution in [3.63, 3.8) is 0 Å². The number of methoxy groups -OCH3 is 1. The van der Waals surface area contributed by atoms with E-state index in [0.29, 0.717) is 17.2 Å². The highest BCUT2D eigenvalue weighted by molar-refractivity contribution is 7.17. The van der Waals surface area contributed by atoms with E-state index in [0.717, 1.165) is 16.1 Å². The minimum atomic E-state index is -0.924. The molecule has 4 nitrogen and oxygen atoms in total. The van der Waals surface area contributed by atoms with Crippen molar-refractivity contribution in [1.82, 2.24) is 4.98 Å². The minimum absolute atomic E-state index is 0.297. The molecule has 0 atom stereocenters. The summed E-state index contributed by atoms with van der Waals surface area (Å²) in [5.74, 6) is -0.924. The van der Waals surface area contributed by atoms with Gasteiger partial charge in [-0.3, -0.25) is 0 Å². The fourth-order valence-electron chi connectivity index (χ4n) is 1.63. The maximum absolute atomic E-state index is 11.0. The predicted octanol–water partition coefficient (Wildman–Crippen LogP) is 2.96. The van der Waals surface area contributed by atoms with E-state index >= 15 is 0 Å². The lowest BCUT2D eigenvalue weighted by molar-refractivity contribution is 0.0701. The van der Waals surface area contributed by atoms with Crippen LogP contribution < -0.4 is 0 Å². The van der Waals surface area contributed by atoms with Gasteiger partial charge in [0, 0.05) is 12.7 Å². The molecule has 1 heterocycles. The molecule has 1 aromatic carbocycles. The van der Waals surface area contributed by atoms with E-state index in [1.165, 1.54) is 11.3 Å². The van der Waals surface area contributed by atoms with Gasteiger partial charge in [0.25, 0.3) is 0 Å². The van der Waals surface area contributed by atoms with E-state index in [-0.39, 0.29) is 0 Å². The number of nitrogens with zero attached hydrogens (tertiary/aromatic N) is 1. The number of thiazole rings is 1. The summed E-state index contributed by atoms with van der Waals surface area (Å²) in [5.41, 5.74) is 2.56. The minimum Gasteiger partial charge on any atom is -0.477 e. The number of benzene rings is 1. The lowest BCUT2D eigenvalue weighted by atomic mass is 10.1. The van der Waals surface area contributed by atoms with Crippen LogP contribution >= 0.6 is 11.3 Å². The standard InChI is InChI=1S/C13H13NO3S/c1-8-11(13(15)16)18-12(14-8)10-5-3-9(4-6-10)7-17-2/h3-6H,7H2,1-2H3,(H,15,16). The van der Waals surface area contributed by atoms with Crippen LogP contribution in [0.3, 0.4) is 0 Å². The van der Waals surface area contributed by atoms with Crippen LogP contribution in [0.4, 0.5) is 0 Å². The number of carboxylic acids is 1. The largest absolute Gasteiger partial charge is 0.477 e. The predicted molar refractivity (Wildman–Crippen MR) is 70.0 cm³/mol. The lowest BCUT2D eigenvalue weighted by Gasteiger charge is -2.00. The van der Waals surface area contributed by atoms with Crippen LogP contribution in [0.2, 0.25) is 0 Å². The molecule has 0 unspecified atom stereocenters. The van der Waals surface area contributed by atoms with E-state index in [4.69, 9.17) is 9.84 Å². The monoisotopic (exact) mass is 263 g/mol. The van der Waals surface area contributed by atoms with Crippen LogP contribution in [0.5, 0.6) is 0 Å². The summed E-state index contributed by atoms with van der Waals surface area (Å²) in [4.78, 5) is 15.5. The third kappa shape index (κ3) is 2.57. The number of ether oxygens (including phenoxy) is 1. The average molecular weight is 263 g/mol. The van der Waals surface area contributed by atoms with Crippen molar-refractivity contribution in [2.75, 3.05) is 7.11 Å². The molecule has 0 aliphatic heterocycles. The fourth-order valence-corrected chi connectivity index (χ4v) is 2.54. The molecule has 0 saturated carbocycles. The number of hydrogen-bond donors (Lipinski definition) is 1. The first-order chi connectivity index (χ1) is 8.61. The number of carboxylic acid groups (broad SMARTS) is 1. The van der Waals surface area contributed by atoms with E-state index in [2.05, 4.69) is 4.98 Å². The second-order valence-electron chi connectivity index (χ2n) is 3.87. The second kappa shape index (κ2) is 5.29. The van der Waals surface area contributed by atoms with Gasteiger partial charge < -0.3 is 9.84 Å². The zero-order chi connectivity index (χ0) is 13.1. The maximum Gasteiger partial charge on any atom is 0.347 e. The van der Waals surface area contributed by atoms with Crippen LogP contribution in [-0.2, 0) is 11.3 Å². The van der Waals surface area contributed by atoms with Crippen molar-refractivity contribution < 1.29 is 14.6 Å². The molecule has 0 aliphatic carbocycles. The Labute approximate surface area is 109 Å². The third-order valence-corrected chi connectivity index (χ3v) is 3.70. The molecule has 18 heavy (non-hydrogen) atoms. The van der Waals surface area contributed by atoms with E-state index in [1.54, 1.807) is 14.0 Å².